The fraction of sp³-hybridized carbons (Fsp3) is 0.226. The summed E-state index contributed by atoms with van der Waals surface area (Å²) < 4.78 is 5.34. The Kier molecular flexibility index (Phi) is 5.79. The Balaban J connectivity index is 1.79. The van der Waals surface area contributed by atoms with Crippen molar-refractivity contribution in [3.05, 3.63) is 101 Å². The summed E-state index contributed by atoms with van der Waals surface area (Å²) in [5.74, 6) is 1.57. The Labute approximate surface area is 201 Å². The molecule has 3 heteroatoms. The number of ether oxygens (including phenoxy) is 1. The van der Waals surface area contributed by atoms with Gasteiger partial charge in [-0.3, -0.25) is 0 Å². The van der Waals surface area contributed by atoms with E-state index < -0.39 is 0 Å². The van der Waals surface area contributed by atoms with Gasteiger partial charge >= 0.3 is 0 Å². The van der Waals surface area contributed by atoms with Gasteiger partial charge in [0, 0.05) is 16.5 Å². The zero-order valence-corrected chi connectivity index (χ0v) is 20.5. The first kappa shape index (κ1) is 22.1. The lowest BCUT2D eigenvalue weighted by Gasteiger charge is -2.17. The number of benzene rings is 4. The van der Waals surface area contributed by atoms with Crippen LogP contribution in [-0.4, -0.2) is 18.5 Å². The molecule has 1 aliphatic rings. The standard InChI is InChI=1S/C31H30N2O/c1-19(2)24-11-8-12-25(20(3)4)29(24)33-31-27-14-7-10-21-9-6-13-26(28(21)27)30(31)32-22-15-17-23(34-5)18-16-22/h6-20H,1-5H3/b32-30+,33-31+. The first-order valence-corrected chi connectivity index (χ1v) is 11.9. The van der Waals surface area contributed by atoms with Crippen LogP contribution >= 0.6 is 0 Å². The molecule has 0 amide bonds. The summed E-state index contributed by atoms with van der Waals surface area (Å²) in [5, 5.41) is 2.44. The highest BCUT2D eigenvalue weighted by atomic mass is 16.5. The second-order valence-corrected chi connectivity index (χ2v) is 9.42. The predicted octanol–water partition coefficient (Wildman–Crippen LogP) is 8.35. The molecule has 0 saturated carbocycles. The van der Waals surface area contributed by atoms with E-state index in [-0.39, 0.29) is 0 Å². The van der Waals surface area contributed by atoms with E-state index >= 15 is 0 Å². The molecule has 0 heterocycles. The lowest BCUT2D eigenvalue weighted by atomic mass is 9.92. The Morgan fingerprint density at radius 1 is 0.618 bits per heavy atom. The molecule has 0 atom stereocenters. The average Bonchev–Trinajstić information content (AvgIpc) is 3.13. The van der Waals surface area contributed by atoms with Crippen LogP contribution < -0.4 is 4.74 Å². The molecule has 0 unspecified atom stereocenters. The molecule has 170 valence electrons. The average molecular weight is 447 g/mol. The second-order valence-electron chi connectivity index (χ2n) is 9.42. The molecular formula is C31H30N2O. The van der Waals surface area contributed by atoms with Gasteiger partial charge in [-0.15, -0.1) is 0 Å². The van der Waals surface area contributed by atoms with E-state index in [1.807, 2.05) is 24.3 Å². The molecular weight excluding hydrogens is 416 g/mol. The van der Waals surface area contributed by atoms with Crippen molar-refractivity contribution in [3.63, 3.8) is 0 Å². The zero-order valence-electron chi connectivity index (χ0n) is 20.5. The Morgan fingerprint density at radius 3 is 1.68 bits per heavy atom. The van der Waals surface area contributed by atoms with Gasteiger partial charge in [0.1, 0.15) is 5.75 Å². The van der Waals surface area contributed by atoms with Crippen LogP contribution in [-0.2, 0) is 0 Å². The number of hydrogen-bond donors (Lipinski definition) is 0. The summed E-state index contributed by atoms with van der Waals surface area (Å²) in [7, 11) is 1.68. The van der Waals surface area contributed by atoms with Crippen LogP contribution in [0.5, 0.6) is 5.75 Å². The second kappa shape index (κ2) is 8.90. The molecule has 0 aromatic heterocycles. The first-order chi connectivity index (χ1) is 16.5. The summed E-state index contributed by atoms with van der Waals surface area (Å²) in [6.45, 7) is 8.94. The van der Waals surface area contributed by atoms with Gasteiger partial charge < -0.3 is 4.74 Å². The van der Waals surface area contributed by atoms with E-state index in [9.17, 15) is 0 Å². The van der Waals surface area contributed by atoms with Gasteiger partial charge in [0.05, 0.1) is 29.9 Å². The normalized spacial score (nSPS) is 15.3. The fourth-order valence-electron chi connectivity index (χ4n) is 4.76. The van der Waals surface area contributed by atoms with Crippen molar-refractivity contribution in [1.29, 1.82) is 0 Å². The lowest BCUT2D eigenvalue weighted by molar-refractivity contribution is 0.415. The van der Waals surface area contributed by atoms with Crippen LogP contribution in [0.2, 0.25) is 0 Å². The maximum Gasteiger partial charge on any atom is 0.119 e. The minimum absolute atomic E-state index is 0.375. The minimum Gasteiger partial charge on any atom is -0.497 e. The predicted molar refractivity (Wildman–Crippen MR) is 144 cm³/mol. The first-order valence-electron chi connectivity index (χ1n) is 11.9. The zero-order chi connectivity index (χ0) is 23.8. The highest BCUT2D eigenvalue weighted by molar-refractivity contribution is 6.61. The fourth-order valence-corrected chi connectivity index (χ4v) is 4.76. The van der Waals surface area contributed by atoms with Crippen molar-refractivity contribution < 1.29 is 4.74 Å². The summed E-state index contributed by atoms with van der Waals surface area (Å²) in [4.78, 5) is 10.5. The highest BCUT2D eigenvalue weighted by Gasteiger charge is 2.28. The van der Waals surface area contributed by atoms with Gasteiger partial charge in [0.2, 0.25) is 0 Å². The molecule has 3 nitrogen and oxygen atoms in total. The smallest absolute Gasteiger partial charge is 0.119 e. The van der Waals surface area contributed by atoms with E-state index in [1.54, 1.807) is 7.11 Å². The van der Waals surface area contributed by atoms with E-state index in [0.29, 0.717) is 11.8 Å². The summed E-state index contributed by atoms with van der Waals surface area (Å²) in [5.41, 5.74) is 8.65. The quantitative estimate of drug-likeness (QED) is 0.303. The van der Waals surface area contributed by atoms with Crippen molar-refractivity contribution in [3.8, 4) is 5.75 Å². The number of rotatable bonds is 5. The SMILES string of the molecule is COc1ccc(/N=C2/C(=N/c3c(C(C)C)cccc3C(C)C)c3cccc4cccc2c34)cc1. The number of hydrogen-bond acceptors (Lipinski definition) is 3. The topological polar surface area (TPSA) is 34.0 Å². The van der Waals surface area contributed by atoms with Crippen molar-refractivity contribution in [2.24, 2.45) is 9.98 Å². The molecule has 5 rings (SSSR count). The summed E-state index contributed by atoms with van der Waals surface area (Å²) in [6, 6.07) is 27.3. The molecule has 34 heavy (non-hydrogen) atoms. The van der Waals surface area contributed by atoms with Gasteiger partial charge in [-0.2, -0.15) is 0 Å². The minimum atomic E-state index is 0.375. The molecule has 0 aliphatic heterocycles. The van der Waals surface area contributed by atoms with Crippen molar-refractivity contribution >= 4 is 33.6 Å². The Bertz CT molecular complexity index is 1390. The molecule has 4 aromatic carbocycles. The maximum atomic E-state index is 5.41. The molecule has 0 spiro atoms. The van der Waals surface area contributed by atoms with Gasteiger partial charge in [-0.1, -0.05) is 82.3 Å². The van der Waals surface area contributed by atoms with E-state index in [1.165, 1.54) is 21.9 Å². The van der Waals surface area contributed by atoms with Crippen molar-refractivity contribution in [1.82, 2.24) is 0 Å². The van der Waals surface area contributed by atoms with Crippen LogP contribution in [0, 0.1) is 0 Å². The van der Waals surface area contributed by atoms with Crippen LogP contribution in [0.4, 0.5) is 11.4 Å². The number of nitrogens with zero attached hydrogens (tertiary/aromatic N) is 2. The van der Waals surface area contributed by atoms with Crippen LogP contribution in [0.15, 0.2) is 88.8 Å². The third-order valence-corrected chi connectivity index (χ3v) is 6.52. The Hall–Kier alpha value is -3.72. The molecule has 1 aliphatic carbocycles. The van der Waals surface area contributed by atoms with E-state index in [0.717, 1.165) is 39.7 Å². The molecule has 0 N–H and O–H groups in total. The van der Waals surface area contributed by atoms with Gasteiger partial charge in [-0.25, -0.2) is 9.98 Å². The Morgan fingerprint density at radius 2 is 1.15 bits per heavy atom. The van der Waals surface area contributed by atoms with Gasteiger partial charge in [0.25, 0.3) is 0 Å². The molecule has 4 aromatic rings. The third kappa shape index (κ3) is 3.81. The van der Waals surface area contributed by atoms with Crippen molar-refractivity contribution in [2.45, 2.75) is 39.5 Å². The van der Waals surface area contributed by atoms with Gasteiger partial charge in [-0.05, 0) is 52.6 Å². The van der Waals surface area contributed by atoms with Crippen LogP contribution in [0.3, 0.4) is 0 Å². The molecule has 0 fully saturated rings. The monoisotopic (exact) mass is 446 g/mol. The summed E-state index contributed by atoms with van der Waals surface area (Å²) in [6.07, 6.45) is 0. The van der Waals surface area contributed by atoms with E-state index in [2.05, 4.69) is 82.3 Å². The molecule has 0 bridgehead atoms. The lowest BCUT2D eigenvalue weighted by Crippen LogP contribution is -2.11. The largest absolute Gasteiger partial charge is 0.497 e. The number of para-hydroxylation sites is 1. The molecule has 0 saturated heterocycles. The third-order valence-electron chi connectivity index (χ3n) is 6.52. The maximum absolute atomic E-state index is 5.41. The van der Waals surface area contributed by atoms with Gasteiger partial charge in [0.15, 0.2) is 0 Å². The molecule has 0 radical (unpaired) electrons. The van der Waals surface area contributed by atoms with E-state index in [4.69, 9.17) is 14.7 Å². The number of methoxy groups -OCH3 is 1. The number of aliphatic imine (C=N–C) groups is 2. The van der Waals surface area contributed by atoms with Crippen molar-refractivity contribution in [2.75, 3.05) is 7.11 Å². The summed E-state index contributed by atoms with van der Waals surface area (Å²) >= 11 is 0. The highest BCUT2D eigenvalue weighted by Crippen LogP contribution is 2.39. The van der Waals surface area contributed by atoms with Crippen LogP contribution in [0.25, 0.3) is 10.8 Å². The van der Waals surface area contributed by atoms with Crippen LogP contribution in [0.1, 0.15) is 61.8 Å².